The molecular weight excluding hydrogens is 409 g/mol. The third kappa shape index (κ3) is 6.83. The Morgan fingerprint density at radius 1 is 1.50 bits per heavy atom. The maximum atomic E-state index is 5.62. The van der Waals surface area contributed by atoms with E-state index in [2.05, 4.69) is 48.5 Å². The smallest absolute Gasteiger partial charge is 0.191 e. The van der Waals surface area contributed by atoms with Crippen molar-refractivity contribution in [2.75, 3.05) is 19.7 Å². The predicted molar refractivity (Wildman–Crippen MR) is 106 cm³/mol. The highest BCUT2D eigenvalue weighted by Crippen LogP contribution is 2.16. The quantitative estimate of drug-likeness (QED) is 0.408. The lowest BCUT2D eigenvalue weighted by atomic mass is 10.2. The van der Waals surface area contributed by atoms with Crippen molar-refractivity contribution in [3.8, 4) is 0 Å². The first-order chi connectivity index (χ1) is 10.2. The SMILES string of the molecule is CCNC(=NCC1CCCO1)NC(C)Cc1ccc(C)s1.I. The summed E-state index contributed by atoms with van der Waals surface area (Å²) in [6.07, 6.45) is 3.63. The van der Waals surface area contributed by atoms with Crippen LogP contribution in [0.2, 0.25) is 0 Å². The van der Waals surface area contributed by atoms with Gasteiger partial charge in [0.25, 0.3) is 0 Å². The fourth-order valence-electron chi connectivity index (χ4n) is 2.48. The second-order valence-electron chi connectivity index (χ2n) is 5.62. The lowest BCUT2D eigenvalue weighted by Crippen LogP contribution is -2.43. The highest BCUT2D eigenvalue weighted by atomic mass is 127. The highest BCUT2D eigenvalue weighted by molar-refractivity contribution is 14.0. The lowest BCUT2D eigenvalue weighted by Gasteiger charge is -2.18. The molecule has 0 amide bonds. The summed E-state index contributed by atoms with van der Waals surface area (Å²) in [5.41, 5.74) is 0. The van der Waals surface area contributed by atoms with E-state index >= 15 is 0 Å². The normalized spacial score (nSPS) is 19.6. The minimum atomic E-state index is 0. The summed E-state index contributed by atoms with van der Waals surface area (Å²) in [6, 6.07) is 4.77. The van der Waals surface area contributed by atoms with Crippen LogP contribution in [0.3, 0.4) is 0 Å². The van der Waals surface area contributed by atoms with Gasteiger partial charge < -0.3 is 15.4 Å². The molecule has 0 radical (unpaired) electrons. The van der Waals surface area contributed by atoms with Crippen LogP contribution in [0.25, 0.3) is 0 Å². The number of rotatable bonds is 6. The number of hydrogen-bond acceptors (Lipinski definition) is 3. The molecule has 0 saturated carbocycles. The maximum absolute atomic E-state index is 5.62. The summed E-state index contributed by atoms with van der Waals surface area (Å²) in [5, 5.41) is 6.80. The van der Waals surface area contributed by atoms with Crippen LogP contribution in [0.4, 0.5) is 0 Å². The van der Waals surface area contributed by atoms with Crippen LogP contribution in [0.15, 0.2) is 17.1 Å². The second kappa shape index (κ2) is 10.4. The Bertz CT molecular complexity index is 458. The molecule has 0 bridgehead atoms. The molecule has 0 spiro atoms. The number of guanidine groups is 1. The van der Waals surface area contributed by atoms with Gasteiger partial charge in [0.1, 0.15) is 0 Å². The van der Waals surface area contributed by atoms with Crippen LogP contribution in [0.5, 0.6) is 0 Å². The van der Waals surface area contributed by atoms with E-state index in [9.17, 15) is 0 Å². The van der Waals surface area contributed by atoms with E-state index in [4.69, 9.17) is 4.74 Å². The maximum Gasteiger partial charge on any atom is 0.191 e. The lowest BCUT2D eigenvalue weighted by molar-refractivity contribution is 0.117. The van der Waals surface area contributed by atoms with E-state index in [0.717, 1.165) is 44.9 Å². The molecule has 2 atom stereocenters. The topological polar surface area (TPSA) is 45.7 Å². The van der Waals surface area contributed by atoms with Crippen LogP contribution < -0.4 is 10.6 Å². The van der Waals surface area contributed by atoms with E-state index in [1.807, 2.05) is 11.3 Å². The van der Waals surface area contributed by atoms with Crippen molar-refractivity contribution in [3.05, 3.63) is 21.9 Å². The first kappa shape index (κ1) is 19.7. The van der Waals surface area contributed by atoms with Gasteiger partial charge >= 0.3 is 0 Å². The molecule has 4 nitrogen and oxygen atoms in total. The van der Waals surface area contributed by atoms with Crippen molar-refractivity contribution in [1.29, 1.82) is 0 Å². The Morgan fingerprint density at radius 2 is 2.32 bits per heavy atom. The standard InChI is InChI=1S/C16H27N3OS.HI/c1-4-17-16(18-11-14-6-5-9-20-14)19-12(2)10-15-8-7-13(3)21-15;/h7-8,12,14H,4-6,9-11H2,1-3H3,(H2,17,18,19);1H. The van der Waals surface area contributed by atoms with Gasteiger partial charge in [0.05, 0.1) is 12.6 Å². The molecule has 1 saturated heterocycles. The zero-order valence-corrected chi connectivity index (χ0v) is 16.9. The van der Waals surface area contributed by atoms with Crippen LogP contribution in [0, 0.1) is 6.92 Å². The minimum absolute atomic E-state index is 0. The number of hydrogen-bond donors (Lipinski definition) is 2. The Kier molecular flexibility index (Phi) is 9.35. The van der Waals surface area contributed by atoms with Gasteiger partial charge in [-0.05, 0) is 45.7 Å². The molecule has 0 aromatic carbocycles. The second-order valence-corrected chi connectivity index (χ2v) is 6.99. The summed E-state index contributed by atoms with van der Waals surface area (Å²) < 4.78 is 5.62. The summed E-state index contributed by atoms with van der Waals surface area (Å²) in [4.78, 5) is 7.45. The van der Waals surface area contributed by atoms with E-state index in [1.54, 1.807) is 0 Å². The summed E-state index contributed by atoms with van der Waals surface area (Å²) in [7, 11) is 0. The van der Waals surface area contributed by atoms with Crippen molar-refractivity contribution in [2.45, 2.75) is 52.2 Å². The van der Waals surface area contributed by atoms with Crippen molar-refractivity contribution < 1.29 is 4.74 Å². The molecule has 22 heavy (non-hydrogen) atoms. The van der Waals surface area contributed by atoms with Gasteiger partial charge in [-0.25, -0.2) is 0 Å². The number of nitrogens with one attached hydrogen (secondary N) is 2. The molecule has 0 aliphatic carbocycles. The van der Waals surface area contributed by atoms with E-state index in [1.165, 1.54) is 9.75 Å². The van der Waals surface area contributed by atoms with Crippen LogP contribution in [-0.2, 0) is 11.2 Å². The van der Waals surface area contributed by atoms with Crippen molar-refractivity contribution in [3.63, 3.8) is 0 Å². The highest BCUT2D eigenvalue weighted by Gasteiger charge is 2.15. The van der Waals surface area contributed by atoms with Gasteiger partial charge in [-0.1, -0.05) is 0 Å². The van der Waals surface area contributed by atoms with Crippen molar-refractivity contribution in [1.82, 2.24) is 10.6 Å². The molecule has 126 valence electrons. The molecular formula is C16H28IN3OS. The molecule has 2 unspecified atom stereocenters. The molecule has 2 N–H and O–H groups in total. The van der Waals surface area contributed by atoms with Crippen LogP contribution >= 0.6 is 35.3 Å². The number of halogens is 1. The van der Waals surface area contributed by atoms with E-state index < -0.39 is 0 Å². The third-order valence-electron chi connectivity index (χ3n) is 3.51. The van der Waals surface area contributed by atoms with Gasteiger partial charge in [0, 0.05) is 35.4 Å². The Morgan fingerprint density at radius 3 is 2.91 bits per heavy atom. The summed E-state index contributed by atoms with van der Waals surface area (Å²) >= 11 is 1.87. The number of ether oxygens (including phenoxy) is 1. The first-order valence-corrected chi connectivity index (χ1v) is 8.70. The zero-order valence-electron chi connectivity index (χ0n) is 13.7. The van der Waals surface area contributed by atoms with Crippen molar-refractivity contribution >= 4 is 41.3 Å². The van der Waals surface area contributed by atoms with E-state index in [-0.39, 0.29) is 24.0 Å². The number of aryl methyl sites for hydroxylation is 1. The van der Waals surface area contributed by atoms with Gasteiger partial charge in [-0.3, -0.25) is 4.99 Å². The number of thiophene rings is 1. The molecule has 1 aromatic heterocycles. The monoisotopic (exact) mass is 437 g/mol. The fourth-order valence-corrected chi connectivity index (χ4v) is 3.50. The number of nitrogens with zero attached hydrogens (tertiary/aromatic N) is 1. The average Bonchev–Trinajstić information content (AvgIpc) is 3.08. The Balaban J connectivity index is 0.00000242. The number of aliphatic imine (C=N–C) groups is 1. The average molecular weight is 437 g/mol. The first-order valence-electron chi connectivity index (χ1n) is 7.89. The fraction of sp³-hybridized carbons (Fsp3) is 0.688. The molecule has 1 aliphatic heterocycles. The zero-order chi connectivity index (χ0) is 15.1. The molecule has 1 fully saturated rings. The van der Waals surface area contributed by atoms with Crippen LogP contribution in [0.1, 0.15) is 36.4 Å². The Labute approximate surface area is 155 Å². The minimum Gasteiger partial charge on any atom is -0.376 e. The van der Waals surface area contributed by atoms with Gasteiger partial charge in [0.15, 0.2) is 5.96 Å². The van der Waals surface area contributed by atoms with Crippen molar-refractivity contribution in [2.24, 2.45) is 4.99 Å². The largest absolute Gasteiger partial charge is 0.376 e. The third-order valence-corrected chi connectivity index (χ3v) is 4.53. The van der Waals surface area contributed by atoms with Crippen LogP contribution in [-0.4, -0.2) is 37.8 Å². The predicted octanol–water partition coefficient (Wildman–Crippen LogP) is 3.34. The molecule has 1 aliphatic rings. The summed E-state index contributed by atoms with van der Waals surface area (Å²) in [6.45, 7) is 8.96. The van der Waals surface area contributed by atoms with Gasteiger partial charge in [0.2, 0.25) is 0 Å². The molecule has 1 aromatic rings. The van der Waals surface area contributed by atoms with E-state index in [0.29, 0.717) is 12.1 Å². The van der Waals surface area contributed by atoms with Gasteiger partial charge in [-0.15, -0.1) is 35.3 Å². The Hall–Kier alpha value is -0.340. The van der Waals surface area contributed by atoms with Gasteiger partial charge in [-0.2, -0.15) is 0 Å². The summed E-state index contributed by atoms with van der Waals surface area (Å²) in [5.74, 6) is 0.897. The molecule has 6 heteroatoms. The molecule has 2 heterocycles. The molecule has 2 rings (SSSR count).